The van der Waals surface area contributed by atoms with Gasteiger partial charge in [-0.15, -0.1) is 0 Å². The van der Waals surface area contributed by atoms with Crippen LogP contribution in [-0.4, -0.2) is 33.8 Å². The second kappa shape index (κ2) is 7.39. The molecule has 0 fully saturated rings. The predicted octanol–water partition coefficient (Wildman–Crippen LogP) is 2.64. The van der Waals surface area contributed by atoms with Gasteiger partial charge >= 0.3 is 0 Å². The fraction of sp³-hybridized carbons (Fsp3) is 0.250. The van der Waals surface area contributed by atoms with E-state index in [0.717, 1.165) is 24.3 Å². The number of hydrogen-bond acceptors (Lipinski definition) is 4. The van der Waals surface area contributed by atoms with Crippen LogP contribution in [0.3, 0.4) is 0 Å². The first-order valence-electron chi connectivity index (χ1n) is 8.74. The third-order valence-electron chi connectivity index (χ3n) is 4.63. The van der Waals surface area contributed by atoms with Crippen molar-refractivity contribution in [2.75, 3.05) is 13.2 Å². The fourth-order valence-corrected chi connectivity index (χ4v) is 3.27. The number of para-hydroxylation sites is 2. The Bertz CT molecular complexity index is 892. The van der Waals surface area contributed by atoms with E-state index in [0.29, 0.717) is 24.6 Å². The van der Waals surface area contributed by atoms with Gasteiger partial charge in [0, 0.05) is 6.54 Å². The molecule has 4 rings (SSSR count). The number of aromatic nitrogens is 3. The van der Waals surface area contributed by atoms with Gasteiger partial charge in [0.05, 0.1) is 17.9 Å². The minimum Gasteiger partial charge on any atom is -0.493 e. The maximum atomic E-state index is 12.7. The molecule has 0 bridgehead atoms. The zero-order valence-electron chi connectivity index (χ0n) is 14.3. The van der Waals surface area contributed by atoms with Gasteiger partial charge in [0.1, 0.15) is 18.4 Å². The lowest BCUT2D eigenvalue weighted by Gasteiger charge is -2.15. The van der Waals surface area contributed by atoms with Crippen molar-refractivity contribution in [2.45, 2.75) is 12.8 Å². The molecule has 26 heavy (non-hydrogen) atoms. The van der Waals surface area contributed by atoms with E-state index >= 15 is 0 Å². The van der Waals surface area contributed by atoms with Crippen LogP contribution in [0.15, 0.2) is 61.2 Å². The van der Waals surface area contributed by atoms with Crippen molar-refractivity contribution in [3.05, 3.63) is 72.3 Å². The summed E-state index contributed by atoms with van der Waals surface area (Å²) in [6.07, 6.45) is 4.87. The van der Waals surface area contributed by atoms with Crippen molar-refractivity contribution in [1.82, 2.24) is 20.1 Å². The van der Waals surface area contributed by atoms with Crippen LogP contribution in [0.4, 0.5) is 0 Å². The van der Waals surface area contributed by atoms with Crippen molar-refractivity contribution in [3.8, 4) is 11.4 Å². The maximum Gasteiger partial charge on any atom is 0.253 e. The highest BCUT2D eigenvalue weighted by molar-refractivity contribution is 5.97. The quantitative estimate of drug-likeness (QED) is 0.787. The third kappa shape index (κ3) is 3.44. The summed E-state index contributed by atoms with van der Waals surface area (Å²) in [6, 6.07) is 15.5. The van der Waals surface area contributed by atoms with Crippen molar-refractivity contribution in [2.24, 2.45) is 5.92 Å². The number of nitrogens with one attached hydrogen (secondary N) is 1. The van der Waals surface area contributed by atoms with Gasteiger partial charge in [-0.25, -0.2) is 9.67 Å². The average molecular weight is 348 g/mol. The summed E-state index contributed by atoms with van der Waals surface area (Å²) in [4.78, 5) is 16.7. The van der Waals surface area contributed by atoms with Crippen molar-refractivity contribution >= 4 is 5.91 Å². The molecule has 1 amide bonds. The van der Waals surface area contributed by atoms with E-state index < -0.39 is 0 Å². The molecule has 2 aromatic carbocycles. The minimum absolute atomic E-state index is 0.102. The molecule has 0 saturated carbocycles. The average Bonchev–Trinajstić information content (AvgIpc) is 3.13. The smallest absolute Gasteiger partial charge is 0.253 e. The zero-order valence-corrected chi connectivity index (χ0v) is 14.3. The standard InChI is InChI=1S/C20H20N4O2/c25-20(17-6-2-3-7-18(17)24-14-21-13-23-24)22-12-15-9-10-26-19-8-4-1-5-16(19)11-15/h1-8,13-15H,9-12H2,(H,22,25). The van der Waals surface area contributed by atoms with E-state index in [2.05, 4.69) is 21.5 Å². The number of amides is 1. The van der Waals surface area contributed by atoms with Gasteiger partial charge in [-0.3, -0.25) is 4.79 Å². The SMILES string of the molecule is O=C(NCC1CCOc2ccccc2C1)c1ccccc1-n1cncn1. The van der Waals surface area contributed by atoms with Crippen LogP contribution in [0.5, 0.6) is 5.75 Å². The first-order valence-corrected chi connectivity index (χ1v) is 8.74. The highest BCUT2D eigenvalue weighted by atomic mass is 16.5. The Labute approximate surface area is 151 Å². The Hall–Kier alpha value is -3.15. The monoisotopic (exact) mass is 348 g/mol. The Morgan fingerprint density at radius 1 is 1.19 bits per heavy atom. The number of hydrogen-bond donors (Lipinski definition) is 1. The number of fused-ring (bicyclic) bond motifs is 1. The lowest BCUT2D eigenvalue weighted by Crippen LogP contribution is -2.31. The van der Waals surface area contributed by atoms with E-state index in [1.165, 1.54) is 11.9 Å². The van der Waals surface area contributed by atoms with Crippen molar-refractivity contribution in [1.29, 1.82) is 0 Å². The normalized spacial score (nSPS) is 16.2. The first-order chi connectivity index (χ1) is 12.8. The van der Waals surface area contributed by atoms with Crippen LogP contribution in [0, 0.1) is 5.92 Å². The Kier molecular flexibility index (Phi) is 4.64. The highest BCUT2D eigenvalue weighted by Crippen LogP contribution is 2.26. The van der Waals surface area contributed by atoms with E-state index in [1.807, 2.05) is 36.4 Å². The van der Waals surface area contributed by atoms with Crippen LogP contribution in [0.2, 0.25) is 0 Å². The second-order valence-electron chi connectivity index (χ2n) is 6.38. The molecule has 1 N–H and O–H groups in total. The van der Waals surface area contributed by atoms with Gasteiger partial charge in [0.2, 0.25) is 0 Å². The van der Waals surface area contributed by atoms with Gasteiger partial charge < -0.3 is 10.1 Å². The largest absolute Gasteiger partial charge is 0.493 e. The van der Waals surface area contributed by atoms with E-state index in [4.69, 9.17) is 4.74 Å². The summed E-state index contributed by atoms with van der Waals surface area (Å²) in [7, 11) is 0. The van der Waals surface area contributed by atoms with Gasteiger partial charge in [0.15, 0.2) is 0 Å². The second-order valence-corrected chi connectivity index (χ2v) is 6.38. The molecule has 1 unspecified atom stereocenters. The highest BCUT2D eigenvalue weighted by Gasteiger charge is 2.19. The molecule has 1 aromatic heterocycles. The lowest BCUT2D eigenvalue weighted by atomic mass is 9.97. The molecule has 0 saturated heterocycles. The fourth-order valence-electron chi connectivity index (χ4n) is 3.27. The maximum absolute atomic E-state index is 12.7. The molecule has 1 aliphatic rings. The molecule has 0 radical (unpaired) electrons. The van der Waals surface area contributed by atoms with E-state index in [-0.39, 0.29) is 5.91 Å². The van der Waals surface area contributed by atoms with Crippen LogP contribution < -0.4 is 10.1 Å². The van der Waals surface area contributed by atoms with Crippen LogP contribution in [0.25, 0.3) is 5.69 Å². The number of carbonyl (C=O) groups excluding carboxylic acids is 1. The van der Waals surface area contributed by atoms with Gasteiger partial charge in [-0.2, -0.15) is 5.10 Å². The summed E-state index contributed by atoms with van der Waals surface area (Å²) in [6.45, 7) is 1.29. The molecular formula is C20H20N4O2. The number of rotatable bonds is 4. The molecular weight excluding hydrogens is 328 g/mol. The van der Waals surface area contributed by atoms with Gasteiger partial charge in [-0.1, -0.05) is 30.3 Å². The molecule has 3 aromatic rings. The first kappa shape index (κ1) is 16.3. The van der Waals surface area contributed by atoms with Crippen LogP contribution >= 0.6 is 0 Å². The molecule has 0 aliphatic carbocycles. The Morgan fingerprint density at radius 3 is 2.92 bits per heavy atom. The van der Waals surface area contributed by atoms with E-state index in [1.54, 1.807) is 17.1 Å². The number of nitrogens with zero attached hydrogens (tertiary/aromatic N) is 3. The summed E-state index contributed by atoms with van der Waals surface area (Å²) in [5, 5.41) is 7.20. The van der Waals surface area contributed by atoms with E-state index in [9.17, 15) is 4.79 Å². The molecule has 1 aliphatic heterocycles. The Balaban J connectivity index is 1.45. The summed E-state index contributed by atoms with van der Waals surface area (Å²) < 4.78 is 7.41. The summed E-state index contributed by atoms with van der Waals surface area (Å²) in [5.74, 6) is 1.20. The topological polar surface area (TPSA) is 69.0 Å². The van der Waals surface area contributed by atoms with Crippen molar-refractivity contribution < 1.29 is 9.53 Å². The number of ether oxygens (including phenoxy) is 1. The van der Waals surface area contributed by atoms with Crippen molar-refractivity contribution in [3.63, 3.8) is 0 Å². The number of carbonyl (C=O) groups is 1. The van der Waals surface area contributed by atoms with Crippen LogP contribution in [0.1, 0.15) is 22.3 Å². The molecule has 132 valence electrons. The third-order valence-corrected chi connectivity index (χ3v) is 4.63. The number of benzene rings is 2. The molecule has 6 heteroatoms. The van der Waals surface area contributed by atoms with Gasteiger partial charge in [0.25, 0.3) is 5.91 Å². The molecule has 1 atom stereocenters. The van der Waals surface area contributed by atoms with Gasteiger partial charge in [-0.05, 0) is 42.5 Å². The summed E-state index contributed by atoms with van der Waals surface area (Å²) in [5.41, 5.74) is 2.51. The predicted molar refractivity (Wildman–Crippen MR) is 97.4 cm³/mol. The molecule has 0 spiro atoms. The minimum atomic E-state index is -0.102. The molecule has 6 nitrogen and oxygen atoms in total. The zero-order chi connectivity index (χ0) is 17.8. The van der Waals surface area contributed by atoms with Crippen LogP contribution in [-0.2, 0) is 6.42 Å². The molecule has 2 heterocycles. The Morgan fingerprint density at radius 2 is 2.04 bits per heavy atom. The summed E-state index contributed by atoms with van der Waals surface area (Å²) >= 11 is 0. The lowest BCUT2D eigenvalue weighted by molar-refractivity contribution is 0.0945.